The van der Waals surface area contributed by atoms with Gasteiger partial charge >= 0.3 is 6.09 Å². The number of nitrogens with one attached hydrogen (secondary N) is 1. The number of hydrogen-bond acceptors (Lipinski definition) is 3. The highest BCUT2D eigenvalue weighted by Crippen LogP contribution is 1.92. The summed E-state index contributed by atoms with van der Waals surface area (Å²) in [6, 6.07) is 0. The molecule has 0 spiro atoms. The largest absolute Gasteiger partial charge is 0.422 e. The van der Waals surface area contributed by atoms with E-state index in [-0.39, 0.29) is 6.79 Å². The van der Waals surface area contributed by atoms with Gasteiger partial charge < -0.3 is 14.8 Å². The SMILES string of the molecule is C=CCNC(=O)OCOCC(C)C. The quantitative estimate of drug-likeness (QED) is 0.389. The maximum Gasteiger partial charge on any atom is 0.409 e. The first-order valence-electron chi connectivity index (χ1n) is 4.26. The van der Waals surface area contributed by atoms with Crippen molar-refractivity contribution in [1.82, 2.24) is 5.32 Å². The van der Waals surface area contributed by atoms with E-state index < -0.39 is 6.09 Å². The predicted molar refractivity (Wildman–Crippen MR) is 50.3 cm³/mol. The molecule has 0 aliphatic rings. The Bertz CT molecular complexity index is 157. The summed E-state index contributed by atoms with van der Waals surface area (Å²) in [5.41, 5.74) is 0. The molecule has 0 unspecified atom stereocenters. The predicted octanol–water partition coefficient (Wildman–Crippen LogP) is 1.53. The summed E-state index contributed by atoms with van der Waals surface area (Å²) in [7, 11) is 0. The van der Waals surface area contributed by atoms with Crippen LogP contribution in [0, 0.1) is 5.92 Å². The summed E-state index contributed by atoms with van der Waals surface area (Å²) in [6.07, 6.45) is 1.10. The van der Waals surface area contributed by atoms with E-state index in [1.54, 1.807) is 6.08 Å². The van der Waals surface area contributed by atoms with E-state index in [9.17, 15) is 4.79 Å². The van der Waals surface area contributed by atoms with Crippen molar-refractivity contribution in [2.75, 3.05) is 19.9 Å². The van der Waals surface area contributed by atoms with Gasteiger partial charge in [-0.3, -0.25) is 0 Å². The summed E-state index contributed by atoms with van der Waals surface area (Å²) < 4.78 is 9.71. The van der Waals surface area contributed by atoms with Crippen molar-refractivity contribution >= 4 is 6.09 Å². The molecule has 0 saturated carbocycles. The molecule has 1 amide bonds. The zero-order valence-electron chi connectivity index (χ0n) is 8.21. The number of carbonyl (C=O) groups excluding carboxylic acids is 1. The van der Waals surface area contributed by atoms with Gasteiger partial charge in [0.15, 0.2) is 6.79 Å². The van der Waals surface area contributed by atoms with E-state index in [1.165, 1.54) is 0 Å². The Labute approximate surface area is 78.9 Å². The van der Waals surface area contributed by atoms with E-state index in [4.69, 9.17) is 4.74 Å². The van der Waals surface area contributed by atoms with E-state index >= 15 is 0 Å². The van der Waals surface area contributed by atoms with E-state index in [1.807, 2.05) is 13.8 Å². The number of hydrogen-bond donors (Lipinski definition) is 1. The van der Waals surface area contributed by atoms with Gasteiger partial charge in [-0.05, 0) is 5.92 Å². The van der Waals surface area contributed by atoms with Crippen molar-refractivity contribution in [3.05, 3.63) is 12.7 Å². The van der Waals surface area contributed by atoms with Gasteiger partial charge in [0.2, 0.25) is 0 Å². The second-order valence-corrected chi connectivity index (χ2v) is 2.98. The van der Waals surface area contributed by atoms with Crippen LogP contribution in [-0.2, 0) is 9.47 Å². The maximum atomic E-state index is 10.8. The minimum atomic E-state index is -0.483. The van der Waals surface area contributed by atoms with Gasteiger partial charge in [-0.2, -0.15) is 0 Å². The summed E-state index contributed by atoms with van der Waals surface area (Å²) in [5, 5.41) is 2.46. The van der Waals surface area contributed by atoms with Gasteiger partial charge in [-0.25, -0.2) is 4.79 Å². The van der Waals surface area contributed by atoms with Crippen molar-refractivity contribution in [3.8, 4) is 0 Å². The highest BCUT2D eigenvalue weighted by molar-refractivity contribution is 5.67. The first-order valence-corrected chi connectivity index (χ1v) is 4.26. The van der Waals surface area contributed by atoms with Gasteiger partial charge in [0.1, 0.15) is 0 Å². The molecular weight excluding hydrogens is 170 g/mol. The molecule has 13 heavy (non-hydrogen) atoms. The molecule has 0 rings (SSSR count). The Morgan fingerprint density at radius 1 is 1.62 bits per heavy atom. The van der Waals surface area contributed by atoms with Crippen LogP contribution in [0.15, 0.2) is 12.7 Å². The van der Waals surface area contributed by atoms with Gasteiger partial charge in [-0.15, -0.1) is 6.58 Å². The molecule has 0 heterocycles. The molecule has 4 heteroatoms. The lowest BCUT2D eigenvalue weighted by molar-refractivity contribution is -0.0243. The third-order valence-corrected chi connectivity index (χ3v) is 1.12. The van der Waals surface area contributed by atoms with Crippen LogP contribution in [0.4, 0.5) is 4.79 Å². The zero-order valence-corrected chi connectivity index (χ0v) is 8.21. The minimum absolute atomic E-state index is 0.00115. The van der Waals surface area contributed by atoms with Crippen LogP contribution in [0.2, 0.25) is 0 Å². The van der Waals surface area contributed by atoms with Crippen LogP contribution in [0.25, 0.3) is 0 Å². The van der Waals surface area contributed by atoms with Crippen molar-refractivity contribution in [3.63, 3.8) is 0 Å². The number of rotatable bonds is 6. The second kappa shape index (κ2) is 7.61. The highest BCUT2D eigenvalue weighted by Gasteiger charge is 1.99. The van der Waals surface area contributed by atoms with E-state index in [0.717, 1.165) is 0 Å². The summed E-state index contributed by atoms with van der Waals surface area (Å²) in [4.78, 5) is 10.8. The third kappa shape index (κ3) is 8.88. The van der Waals surface area contributed by atoms with Crippen LogP contribution in [0.1, 0.15) is 13.8 Å². The molecule has 4 nitrogen and oxygen atoms in total. The fraction of sp³-hybridized carbons (Fsp3) is 0.667. The fourth-order valence-corrected chi connectivity index (χ4v) is 0.586. The van der Waals surface area contributed by atoms with Gasteiger partial charge in [0.05, 0.1) is 6.61 Å². The summed E-state index contributed by atoms with van der Waals surface area (Å²) in [5.74, 6) is 0.444. The lowest BCUT2D eigenvalue weighted by Crippen LogP contribution is -2.25. The van der Waals surface area contributed by atoms with Crippen molar-refractivity contribution in [2.24, 2.45) is 5.92 Å². The molecule has 0 radical (unpaired) electrons. The molecule has 0 aromatic heterocycles. The normalized spacial score (nSPS) is 9.77. The topological polar surface area (TPSA) is 47.6 Å². The molecule has 0 aromatic rings. The lowest BCUT2D eigenvalue weighted by atomic mass is 10.2. The summed E-state index contributed by atoms with van der Waals surface area (Å²) in [6.45, 7) is 8.50. The molecule has 0 aromatic carbocycles. The first-order chi connectivity index (χ1) is 6.16. The molecule has 0 aliphatic heterocycles. The molecule has 0 atom stereocenters. The Kier molecular flexibility index (Phi) is 7.01. The van der Waals surface area contributed by atoms with Crippen molar-refractivity contribution in [2.45, 2.75) is 13.8 Å². The standard InChI is InChI=1S/C9H17NO3/c1-4-5-10-9(11)13-7-12-6-8(2)3/h4,8H,1,5-7H2,2-3H3,(H,10,11). The number of amides is 1. The number of ether oxygens (including phenoxy) is 2. The first kappa shape index (κ1) is 12.0. The minimum Gasteiger partial charge on any atom is -0.422 e. The van der Waals surface area contributed by atoms with Gasteiger partial charge in [0, 0.05) is 6.54 Å². The average Bonchev–Trinajstić information content (AvgIpc) is 2.08. The third-order valence-electron chi connectivity index (χ3n) is 1.12. The molecule has 0 aliphatic carbocycles. The Morgan fingerprint density at radius 3 is 2.85 bits per heavy atom. The zero-order chi connectivity index (χ0) is 10.1. The molecular formula is C9H17NO3. The van der Waals surface area contributed by atoms with Crippen LogP contribution in [-0.4, -0.2) is 26.0 Å². The fourth-order valence-electron chi connectivity index (χ4n) is 0.586. The molecule has 1 N–H and O–H groups in total. The Hall–Kier alpha value is -1.03. The maximum absolute atomic E-state index is 10.8. The Morgan fingerprint density at radius 2 is 2.31 bits per heavy atom. The molecule has 0 saturated heterocycles. The van der Waals surface area contributed by atoms with E-state index in [0.29, 0.717) is 19.1 Å². The highest BCUT2D eigenvalue weighted by atomic mass is 16.7. The van der Waals surface area contributed by atoms with Gasteiger partial charge in [-0.1, -0.05) is 19.9 Å². The van der Waals surface area contributed by atoms with Gasteiger partial charge in [0.25, 0.3) is 0 Å². The van der Waals surface area contributed by atoms with Crippen molar-refractivity contribution in [1.29, 1.82) is 0 Å². The molecule has 76 valence electrons. The van der Waals surface area contributed by atoms with E-state index in [2.05, 4.69) is 16.6 Å². The summed E-state index contributed by atoms with van der Waals surface area (Å²) >= 11 is 0. The van der Waals surface area contributed by atoms with Crippen molar-refractivity contribution < 1.29 is 14.3 Å². The average molecular weight is 187 g/mol. The lowest BCUT2D eigenvalue weighted by Gasteiger charge is -2.07. The monoisotopic (exact) mass is 187 g/mol. The molecule has 0 fully saturated rings. The van der Waals surface area contributed by atoms with Crippen LogP contribution in [0.5, 0.6) is 0 Å². The smallest absolute Gasteiger partial charge is 0.409 e. The second-order valence-electron chi connectivity index (χ2n) is 2.98. The number of alkyl carbamates (subject to hydrolysis) is 1. The van der Waals surface area contributed by atoms with Crippen LogP contribution < -0.4 is 5.32 Å². The number of carbonyl (C=O) groups is 1. The molecule has 0 bridgehead atoms. The van der Waals surface area contributed by atoms with Crippen LogP contribution >= 0.6 is 0 Å². The van der Waals surface area contributed by atoms with Crippen LogP contribution in [0.3, 0.4) is 0 Å². The Balaban J connectivity index is 3.21.